The van der Waals surface area contributed by atoms with Crippen molar-refractivity contribution in [2.45, 2.75) is 32.5 Å². The van der Waals surface area contributed by atoms with Gasteiger partial charge < -0.3 is 20.5 Å². The van der Waals surface area contributed by atoms with Crippen LogP contribution in [0, 0.1) is 5.92 Å². The molecular weight excluding hydrogens is 325 g/mol. The Kier molecular flexibility index (Phi) is 6.82. The first kappa shape index (κ1) is 20.0. The van der Waals surface area contributed by atoms with Gasteiger partial charge in [0.05, 0.1) is 5.56 Å². The minimum absolute atomic E-state index is 0.190. The number of alkyl halides is 3. The van der Waals surface area contributed by atoms with E-state index in [1.807, 2.05) is 37.8 Å². The van der Waals surface area contributed by atoms with Crippen LogP contribution in [0.15, 0.2) is 17.1 Å². The monoisotopic (exact) mass is 348 g/mol. The fourth-order valence-corrected chi connectivity index (χ4v) is 2.27. The first-order chi connectivity index (χ1) is 11.0. The number of urea groups is 1. The summed E-state index contributed by atoms with van der Waals surface area (Å²) in [6.45, 7) is 4.57. The van der Waals surface area contributed by atoms with Gasteiger partial charge in [-0.2, -0.15) is 13.2 Å². The Balaban J connectivity index is 2.84. The van der Waals surface area contributed by atoms with Crippen molar-refractivity contribution in [3.05, 3.63) is 28.2 Å². The van der Waals surface area contributed by atoms with Crippen molar-refractivity contribution in [3.8, 4) is 0 Å². The van der Waals surface area contributed by atoms with Crippen molar-refractivity contribution in [1.82, 2.24) is 15.2 Å². The molecular formula is C15H23F3N4O2. The molecule has 0 aromatic carbocycles. The van der Waals surface area contributed by atoms with E-state index in [0.29, 0.717) is 31.1 Å². The molecule has 1 heterocycles. The molecule has 6 nitrogen and oxygen atoms in total. The molecule has 0 spiro atoms. The third-order valence-electron chi connectivity index (χ3n) is 3.16. The van der Waals surface area contributed by atoms with Crippen LogP contribution in [0.5, 0.6) is 0 Å². The Morgan fingerprint density at radius 2 is 1.96 bits per heavy atom. The third kappa shape index (κ3) is 6.61. The molecule has 0 unspecified atom stereocenters. The van der Waals surface area contributed by atoms with Gasteiger partial charge in [0.25, 0.3) is 5.56 Å². The van der Waals surface area contributed by atoms with E-state index in [1.165, 1.54) is 0 Å². The average molecular weight is 348 g/mol. The van der Waals surface area contributed by atoms with Gasteiger partial charge in [-0.05, 0) is 32.5 Å². The van der Waals surface area contributed by atoms with Gasteiger partial charge >= 0.3 is 12.2 Å². The van der Waals surface area contributed by atoms with Crippen LogP contribution in [0.3, 0.4) is 0 Å². The van der Waals surface area contributed by atoms with Crippen LogP contribution in [0.1, 0.15) is 25.8 Å². The van der Waals surface area contributed by atoms with Gasteiger partial charge in [-0.1, -0.05) is 13.8 Å². The van der Waals surface area contributed by atoms with Gasteiger partial charge in [0.15, 0.2) is 0 Å². The molecule has 0 bridgehead atoms. The second kappa shape index (κ2) is 8.18. The smallest absolute Gasteiger partial charge is 0.334 e. The number of aromatic nitrogens is 1. The zero-order valence-corrected chi connectivity index (χ0v) is 14.1. The number of pyridine rings is 1. The van der Waals surface area contributed by atoms with E-state index in [0.717, 1.165) is 0 Å². The number of nitrogens with zero attached hydrogens (tertiary/aromatic N) is 1. The highest BCUT2D eigenvalue weighted by molar-refractivity contribution is 5.89. The minimum atomic E-state index is -4.61. The quantitative estimate of drug-likeness (QED) is 0.739. The summed E-state index contributed by atoms with van der Waals surface area (Å²) in [4.78, 5) is 27.5. The zero-order chi connectivity index (χ0) is 18.5. The van der Waals surface area contributed by atoms with E-state index in [1.54, 1.807) is 0 Å². The molecule has 0 fully saturated rings. The summed E-state index contributed by atoms with van der Waals surface area (Å²) in [5.74, 6) is 0.326. The highest BCUT2D eigenvalue weighted by atomic mass is 19.4. The molecule has 1 atom stereocenters. The number of nitrogens with one attached hydrogen (secondary N) is 3. The largest absolute Gasteiger partial charge is 0.417 e. The molecule has 136 valence electrons. The van der Waals surface area contributed by atoms with Crippen LogP contribution in [-0.2, 0) is 6.18 Å². The maximum Gasteiger partial charge on any atom is 0.417 e. The summed E-state index contributed by atoms with van der Waals surface area (Å²) in [5.41, 5.74) is -2.29. The number of hydrogen-bond donors (Lipinski definition) is 3. The molecule has 24 heavy (non-hydrogen) atoms. The Morgan fingerprint density at radius 1 is 1.33 bits per heavy atom. The van der Waals surface area contributed by atoms with Gasteiger partial charge in [0, 0.05) is 18.8 Å². The maximum absolute atomic E-state index is 12.7. The van der Waals surface area contributed by atoms with Crippen LogP contribution >= 0.6 is 0 Å². The second-order valence-electron chi connectivity index (χ2n) is 6.32. The van der Waals surface area contributed by atoms with Crippen molar-refractivity contribution in [3.63, 3.8) is 0 Å². The fraction of sp³-hybridized carbons (Fsp3) is 0.600. The van der Waals surface area contributed by atoms with Crippen molar-refractivity contribution < 1.29 is 18.0 Å². The highest BCUT2D eigenvalue weighted by Gasteiger charge is 2.31. The minimum Gasteiger partial charge on any atom is -0.334 e. The fourth-order valence-electron chi connectivity index (χ4n) is 2.27. The van der Waals surface area contributed by atoms with Crippen molar-refractivity contribution in [2.24, 2.45) is 5.92 Å². The molecule has 1 aromatic rings. The molecule has 0 radical (unpaired) electrons. The predicted molar refractivity (Wildman–Crippen MR) is 86.0 cm³/mol. The Labute approximate surface area is 138 Å². The van der Waals surface area contributed by atoms with Gasteiger partial charge in [-0.25, -0.2) is 4.79 Å². The molecule has 1 rings (SSSR count). The first-order valence-electron chi connectivity index (χ1n) is 7.51. The Bertz CT molecular complexity index is 601. The highest BCUT2D eigenvalue weighted by Crippen LogP contribution is 2.29. The van der Waals surface area contributed by atoms with Crippen LogP contribution in [-0.4, -0.2) is 42.6 Å². The molecule has 9 heteroatoms. The summed E-state index contributed by atoms with van der Waals surface area (Å²) in [6, 6.07) is -0.292. The lowest BCUT2D eigenvalue weighted by atomic mass is 10.0. The lowest BCUT2D eigenvalue weighted by Gasteiger charge is -2.24. The number of aromatic amines is 1. The average Bonchev–Trinajstić information content (AvgIpc) is 2.38. The zero-order valence-electron chi connectivity index (χ0n) is 14.1. The normalized spacial score (nSPS) is 13.2. The van der Waals surface area contributed by atoms with E-state index in [4.69, 9.17) is 0 Å². The number of likely N-dealkylation sites (N-methyl/N-ethyl adjacent to an activating group) is 1. The molecule has 0 aliphatic carbocycles. The number of carbonyl (C=O) groups is 1. The molecule has 2 amide bonds. The van der Waals surface area contributed by atoms with Crippen LogP contribution in [0.4, 0.5) is 23.7 Å². The number of halogens is 3. The number of hydrogen-bond acceptors (Lipinski definition) is 3. The van der Waals surface area contributed by atoms with E-state index in [2.05, 4.69) is 10.6 Å². The lowest BCUT2D eigenvalue weighted by molar-refractivity contribution is -0.137. The standard InChI is InChI=1S/C15H23F3N4O2/c1-9(2)5-11(8-22(3)4)20-14(24)21-12-6-10(15(16,17)18)7-19-13(12)23/h6-7,9,11H,5,8H2,1-4H3,(H,19,23)(H2,20,21,24)/t11-/m0/s1. The molecule has 0 aliphatic heterocycles. The maximum atomic E-state index is 12.7. The molecule has 0 saturated heterocycles. The van der Waals surface area contributed by atoms with Crippen molar-refractivity contribution in [2.75, 3.05) is 26.0 Å². The number of amides is 2. The van der Waals surface area contributed by atoms with Crippen molar-refractivity contribution >= 4 is 11.7 Å². The predicted octanol–water partition coefficient (Wildman–Crippen LogP) is 2.49. The number of rotatable bonds is 6. The van der Waals surface area contributed by atoms with E-state index >= 15 is 0 Å². The summed E-state index contributed by atoms with van der Waals surface area (Å²) >= 11 is 0. The van der Waals surface area contributed by atoms with E-state index in [9.17, 15) is 22.8 Å². The van der Waals surface area contributed by atoms with Crippen LogP contribution in [0.25, 0.3) is 0 Å². The number of H-pyrrole nitrogens is 1. The molecule has 3 N–H and O–H groups in total. The number of carbonyl (C=O) groups excluding carboxylic acids is 1. The van der Waals surface area contributed by atoms with Gasteiger partial charge in [0.1, 0.15) is 5.69 Å². The van der Waals surface area contributed by atoms with E-state index < -0.39 is 29.0 Å². The first-order valence-corrected chi connectivity index (χ1v) is 7.51. The van der Waals surface area contributed by atoms with Crippen LogP contribution < -0.4 is 16.2 Å². The van der Waals surface area contributed by atoms with Gasteiger partial charge in [-0.3, -0.25) is 4.79 Å². The summed E-state index contributed by atoms with van der Waals surface area (Å²) < 4.78 is 38.0. The Hall–Kier alpha value is -2.03. The van der Waals surface area contributed by atoms with E-state index in [-0.39, 0.29) is 6.04 Å². The third-order valence-corrected chi connectivity index (χ3v) is 3.16. The summed E-state index contributed by atoms with van der Waals surface area (Å²) in [7, 11) is 3.70. The lowest BCUT2D eigenvalue weighted by Crippen LogP contribution is -2.44. The molecule has 0 aliphatic rings. The van der Waals surface area contributed by atoms with Gasteiger partial charge in [0.2, 0.25) is 0 Å². The van der Waals surface area contributed by atoms with Gasteiger partial charge in [-0.15, -0.1) is 0 Å². The van der Waals surface area contributed by atoms with Crippen LogP contribution in [0.2, 0.25) is 0 Å². The summed E-state index contributed by atoms with van der Waals surface area (Å²) in [6.07, 6.45) is -3.34. The molecule has 1 aromatic heterocycles. The SMILES string of the molecule is CC(C)C[C@@H](CN(C)C)NC(=O)Nc1cc(C(F)(F)F)c[nH]c1=O. The van der Waals surface area contributed by atoms with Crippen molar-refractivity contribution in [1.29, 1.82) is 0 Å². The number of anilines is 1. The second-order valence-corrected chi connectivity index (χ2v) is 6.32. The molecule has 0 saturated carbocycles. The Morgan fingerprint density at radius 3 is 2.46 bits per heavy atom. The summed E-state index contributed by atoms with van der Waals surface area (Å²) in [5, 5.41) is 4.88. The topological polar surface area (TPSA) is 77.2 Å².